The number of carbonyl (C=O) groups excluding carboxylic acids is 2. The van der Waals surface area contributed by atoms with E-state index in [1.807, 2.05) is 35.2 Å². The van der Waals surface area contributed by atoms with Crippen LogP contribution >= 0.6 is 0 Å². The molecule has 1 aromatic heterocycles. The molecule has 4 aromatic rings. The number of nitrogens with one attached hydrogen (secondary N) is 1. The van der Waals surface area contributed by atoms with Crippen molar-refractivity contribution in [3.8, 4) is 23.1 Å². The lowest BCUT2D eigenvalue weighted by molar-refractivity contribution is -0.133. The third kappa shape index (κ3) is 6.87. The van der Waals surface area contributed by atoms with Crippen LogP contribution in [0.1, 0.15) is 27.9 Å². The molecule has 2 aliphatic heterocycles. The number of benzene rings is 3. The van der Waals surface area contributed by atoms with E-state index >= 15 is 0 Å². The largest absolute Gasteiger partial charge is 0.454 e. The molecule has 1 fully saturated rings. The van der Waals surface area contributed by atoms with Gasteiger partial charge >= 0.3 is 0 Å². The second-order valence-electron chi connectivity index (χ2n) is 10.3. The fourth-order valence-electron chi connectivity index (χ4n) is 5.01. The summed E-state index contributed by atoms with van der Waals surface area (Å²) < 4.78 is 16.5. The first-order chi connectivity index (χ1) is 20.6. The van der Waals surface area contributed by atoms with Gasteiger partial charge in [-0.2, -0.15) is 0 Å². The molecule has 0 saturated carbocycles. The van der Waals surface area contributed by atoms with Gasteiger partial charge in [0.15, 0.2) is 11.5 Å². The number of amides is 2. The smallest absolute Gasteiger partial charge is 0.255 e. The quantitative estimate of drug-likeness (QED) is 0.301. The summed E-state index contributed by atoms with van der Waals surface area (Å²) in [4.78, 5) is 34.1. The Kier molecular flexibility index (Phi) is 8.28. The third-order valence-corrected chi connectivity index (χ3v) is 7.38. The van der Waals surface area contributed by atoms with Gasteiger partial charge in [0.05, 0.1) is 11.9 Å². The number of rotatable bonds is 9. The standard InChI is InChI=1S/C33H32N4O5/c38-32(37-18-16-36(17-19-37)22-25-4-2-1-3-5-25)15-8-24-6-11-28(12-7-24)42-31-14-10-27(21-34-31)35-33(39)26-9-13-29-30(20-26)41-23-40-29/h1-7,9-14,20-21H,8,15-19,22-23H2,(H,35,39). The van der Waals surface area contributed by atoms with Crippen LogP contribution in [0.4, 0.5) is 5.69 Å². The molecule has 1 saturated heterocycles. The van der Waals surface area contributed by atoms with Gasteiger partial charge in [-0.1, -0.05) is 42.5 Å². The summed E-state index contributed by atoms with van der Waals surface area (Å²) in [6.45, 7) is 4.42. The highest BCUT2D eigenvalue weighted by Gasteiger charge is 2.21. The Labute approximate surface area is 244 Å². The summed E-state index contributed by atoms with van der Waals surface area (Å²) in [5.74, 6) is 2.15. The first-order valence-corrected chi connectivity index (χ1v) is 14.1. The predicted molar refractivity (Wildman–Crippen MR) is 158 cm³/mol. The SMILES string of the molecule is O=C(Nc1ccc(Oc2ccc(CCC(=O)N3CCN(Cc4ccccc4)CC3)cc2)nc1)c1ccc2c(c1)OCO2. The van der Waals surface area contributed by atoms with Crippen molar-refractivity contribution >= 4 is 17.5 Å². The molecule has 42 heavy (non-hydrogen) atoms. The summed E-state index contributed by atoms with van der Waals surface area (Å²) in [6.07, 6.45) is 2.71. The Morgan fingerprint density at radius 1 is 0.833 bits per heavy atom. The van der Waals surface area contributed by atoms with Gasteiger partial charge in [-0.15, -0.1) is 0 Å². The second kappa shape index (κ2) is 12.7. The van der Waals surface area contributed by atoms with Gasteiger partial charge in [0.1, 0.15) is 5.75 Å². The average Bonchev–Trinajstić information content (AvgIpc) is 3.51. The molecule has 9 heteroatoms. The van der Waals surface area contributed by atoms with Crippen LogP contribution in [-0.2, 0) is 17.8 Å². The van der Waals surface area contributed by atoms with E-state index in [9.17, 15) is 9.59 Å². The highest BCUT2D eigenvalue weighted by Crippen LogP contribution is 2.32. The van der Waals surface area contributed by atoms with Gasteiger partial charge in [0.2, 0.25) is 18.6 Å². The second-order valence-corrected chi connectivity index (χ2v) is 10.3. The molecule has 2 aliphatic rings. The number of ether oxygens (including phenoxy) is 3. The van der Waals surface area contributed by atoms with Crippen LogP contribution in [0.25, 0.3) is 0 Å². The number of anilines is 1. The minimum atomic E-state index is -0.275. The van der Waals surface area contributed by atoms with Crippen molar-refractivity contribution in [2.45, 2.75) is 19.4 Å². The number of aromatic nitrogens is 1. The monoisotopic (exact) mass is 564 g/mol. The molecule has 0 spiro atoms. The topological polar surface area (TPSA) is 93.2 Å². The average molecular weight is 565 g/mol. The Bertz CT molecular complexity index is 1520. The van der Waals surface area contributed by atoms with Crippen LogP contribution in [0, 0.1) is 0 Å². The minimum Gasteiger partial charge on any atom is -0.454 e. The fraction of sp³-hybridized carbons (Fsp3) is 0.242. The molecular weight excluding hydrogens is 532 g/mol. The predicted octanol–water partition coefficient (Wildman–Crippen LogP) is 5.13. The lowest BCUT2D eigenvalue weighted by Gasteiger charge is -2.34. The lowest BCUT2D eigenvalue weighted by atomic mass is 10.1. The van der Waals surface area contributed by atoms with Crippen LogP contribution < -0.4 is 19.5 Å². The van der Waals surface area contributed by atoms with E-state index in [0.29, 0.717) is 47.2 Å². The molecule has 3 heterocycles. The van der Waals surface area contributed by atoms with Gasteiger partial charge in [0, 0.05) is 50.8 Å². The molecule has 0 unspecified atom stereocenters. The van der Waals surface area contributed by atoms with Crippen molar-refractivity contribution in [2.24, 2.45) is 0 Å². The van der Waals surface area contributed by atoms with E-state index in [4.69, 9.17) is 14.2 Å². The summed E-state index contributed by atoms with van der Waals surface area (Å²) >= 11 is 0. The van der Waals surface area contributed by atoms with Crippen molar-refractivity contribution in [3.63, 3.8) is 0 Å². The van der Waals surface area contributed by atoms with Crippen LogP contribution in [0.15, 0.2) is 91.1 Å². The first kappa shape index (κ1) is 27.3. The number of piperazine rings is 1. The van der Waals surface area contributed by atoms with Gasteiger partial charge in [-0.3, -0.25) is 14.5 Å². The molecule has 1 N–H and O–H groups in total. The van der Waals surface area contributed by atoms with Crippen molar-refractivity contribution in [3.05, 3.63) is 108 Å². The first-order valence-electron chi connectivity index (χ1n) is 14.1. The maximum atomic E-state index is 12.8. The van der Waals surface area contributed by atoms with Crippen LogP contribution in [0.5, 0.6) is 23.1 Å². The zero-order chi connectivity index (χ0) is 28.7. The zero-order valence-electron chi connectivity index (χ0n) is 23.2. The van der Waals surface area contributed by atoms with Crippen LogP contribution in [-0.4, -0.2) is 59.6 Å². The molecule has 3 aromatic carbocycles. The zero-order valence-corrected chi connectivity index (χ0v) is 23.2. The van der Waals surface area contributed by atoms with Gasteiger partial charge < -0.3 is 24.4 Å². The van der Waals surface area contributed by atoms with Crippen molar-refractivity contribution in [2.75, 3.05) is 38.3 Å². The molecule has 9 nitrogen and oxygen atoms in total. The molecule has 6 rings (SSSR count). The Morgan fingerprint density at radius 3 is 2.38 bits per heavy atom. The van der Waals surface area contributed by atoms with Gasteiger partial charge in [-0.25, -0.2) is 4.98 Å². The Balaban J connectivity index is 0.935. The Morgan fingerprint density at radius 2 is 1.62 bits per heavy atom. The van der Waals surface area contributed by atoms with E-state index in [1.165, 1.54) is 5.56 Å². The molecule has 0 radical (unpaired) electrons. The van der Waals surface area contributed by atoms with Crippen LogP contribution in [0.2, 0.25) is 0 Å². The van der Waals surface area contributed by atoms with E-state index in [1.54, 1.807) is 36.5 Å². The molecule has 0 bridgehead atoms. The normalized spacial score (nSPS) is 14.4. The molecule has 0 aliphatic carbocycles. The molecule has 214 valence electrons. The maximum Gasteiger partial charge on any atom is 0.255 e. The lowest BCUT2D eigenvalue weighted by Crippen LogP contribution is -2.48. The summed E-state index contributed by atoms with van der Waals surface area (Å²) in [5.41, 5.74) is 3.39. The molecule has 0 atom stereocenters. The third-order valence-electron chi connectivity index (χ3n) is 7.38. The fourth-order valence-corrected chi connectivity index (χ4v) is 5.01. The van der Waals surface area contributed by atoms with E-state index in [0.717, 1.165) is 38.3 Å². The van der Waals surface area contributed by atoms with Crippen molar-refractivity contribution < 1.29 is 23.8 Å². The van der Waals surface area contributed by atoms with Crippen molar-refractivity contribution in [1.29, 1.82) is 0 Å². The number of carbonyl (C=O) groups is 2. The molecular formula is C33H32N4O5. The number of hydrogen-bond acceptors (Lipinski definition) is 7. The Hall–Kier alpha value is -4.89. The highest BCUT2D eigenvalue weighted by molar-refractivity contribution is 6.04. The van der Waals surface area contributed by atoms with E-state index in [2.05, 4.69) is 39.5 Å². The van der Waals surface area contributed by atoms with E-state index < -0.39 is 0 Å². The number of pyridine rings is 1. The number of hydrogen-bond donors (Lipinski definition) is 1. The van der Waals surface area contributed by atoms with Gasteiger partial charge in [-0.05, 0) is 53.9 Å². The number of fused-ring (bicyclic) bond motifs is 1. The number of aryl methyl sites for hydroxylation is 1. The maximum absolute atomic E-state index is 12.8. The molecule has 2 amide bonds. The minimum absolute atomic E-state index is 0.155. The summed E-state index contributed by atoms with van der Waals surface area (Å²) in [6, 6.07) is 26.6. The number of nitrogens with zero attached hydrogens (tertiary/aromatic N) is 3. The summed E-state index contributed by atoms with van der Waals surface area (Å²) in [5, 5.41) is 2.82. The van der Waals surface area contributed by atoms with Crippen LogP contribution in [0.3, 0.4) is 0 Å². The summed E-state index contributed by atoms with van der Waals surface area (Å²) in [7, 11) is 0. The van der Waals surface area contributed by atoms with E-state index in [-0.39, 0.29) is 18.6 Å². The highest BCUT2D eigenvalue weighted by atomic mass is 16.7. The van der Waals surface area contributed by atoms with Crippen molar-refractivity contribution in [1.82, 2.24) is 14.8 Å². The van der Waals surface area contributed by atoms with Gasteiger partial charge in [0.25, 0.3) is 5.91 Å².